The molecule has 91 valence electrons. The second-order valence-corrected chi connectivity index (χ2v) is 2.82. The van der Waals surface area contributed by atoms with Crippen LogP contribution in [0.3, 0.4) is 0 Å². The summed E-state index contributed by atoms with van der Waals surface area (Å²) >= 11 is 0. The third-order valence-corrected chi connectivity index (χ3v) is 1.60. The van der Waals surface area contributed by atoms with Gasteiger partial charge in [0.15, 0.2) is 0 Å². The average Bonchev–Trinajstić information content (AvgIpc) is 2.21. The minimum absolute atomic E-state index is 0. The summed E-state index contributed by atoms with van der Waals surface area (Å²) in [5, 5.41) is 0. The van der Waals surface area contributed by atoms with Gasteiger partial charge in [0.25, 0.3) is 0 Å². The van der Waals surface area contributed by atoms with Gasteiger partial charge in [-0.1, -0.05) is 36.4 Å². The molecular weight excluding hydrogens is 285 g/mol. The molecule has 2 aromatic rings. The van der Waals surface area contributed by atoms with E-state index >= 15 is 0 Å². The predicted molar refractivity (Wildman–Crippen MR) is 74.5 cm³/mol. The molecule has 0 amide bonds. The van der Waals surface area contributed by atoms with Crippen LogP contribution in [0.15, 0.2) is 60.7 Å². The van der Waals surface area contributed by atoms with E-state index in [0.717, 1.165) is 11.4 Å². The van der Waals surface area contributed by atoms with Crippen molar-refractivity contribution in [3.8, 4) is 0 Å². The maximum Gasteiger partial charge on any atom is 0.0313 e. The number of rotatable bonds is 0. The van der Waals surface area contributed by atoms with Crippen molar-refractivity contribution in [3.63, 3.8) is 0 Å². The molecule has 2 aromatic carbocycles. The molecule has 0 bridgehead atoms. The standard InChI is InChI=1S/2C6H7N.2CH3.Y/c2*7-6-4-2-1-3-5-6;;;/h2*1-5H,7H2;2*1H3;/q;;2*-1;. The Kier molecular flexibility index (Phi) is 16.7. The largest absolute Gasteiger partial charge is 0.399 e. The predicted octanol–water partition coefficient (Wildman–Crippen LogP) is 3.44. The number of hydrogen-bond acceptors (Lipinski definition) is 2. The zero-order valence-electron chi connectivity index (χ0n) is 10.5. The molecule has 0 heterocycles. The van der Waals surface area contributed by atoms with Crippen molar-refractivity contribution in [1.82, 2.24) is 0 Å². The number of hydrogen-bond donors (Lipinski definition) is 2. The minimum atomic E-state index is 0. The zero-order valence-corrected chi connectivity index (χ0v) is 13.3. The van der Waals surface area contributed by atoms with Crippen molar-refractivity contribution >= 4 is 11.4 Å². The molecular formula is C14H20N2Y-2. The van der Waals surface area contributed by atoms with Crippen LogP contribution >= 0.6 is 0 Å². The second kappa shape index (κ2) is 13.2. The smallest absolute Gasteiger partial charge is 0.0313 e. The SMILES string of the molecule is Nc1ccccc1.Nc1ccccc1.[CH3-].[CH3-].[Y]. The third-order valence-electron chi connectivity index (χ3n) is 1.60. The van der Waals surface area contributed by atoms with Crippen LogP contribution in [0.5, 0.6) is 0 Å². The van der Waals surface area contributed by atoms with Gasteiger partial charge in [-0.05, 0) is 24.3 Å². The molecule has 0 saturated carbocycles. The van der Waals surface area contributed by atoms with Crippen LogP contribution in [0.25, 0.3) is 0 Å². The van der Waals surface area contributed by atoms with Crippen LogP contribution in [-0.2, 0) is 32.7 Å². The molecule has 2 rings (SSSR count). The van der Waals surface area contributed by atoms with Crippen molar-refractivity contribution in [3.05, 3.63) is 75.5 Å². The normalized spacial score (nSPS) is 7.06. The first-order valence-corrected chi connectivity index (χ1v) is 4.40. The Morgan fingerprint density at radius 3 is 0.882 bits per heavy atom. The minimum Gasteiger partial charge on any atom is -0.399 e. The monoisotopic (exact) mass is 305 g/mol. The molecule has 0 spiro atoms. The third kappa shape index (κ3) is 11.4. The summed E-state index contributed by atoms with van der Waals surface area (Å²) in [7, 11) is 0. The van der Waals surface area contributed by atoms with Crippen molar-refractivity contribution in [2.24, 2.45) is 0 Å². The van der Waals surface area contributed by atoms with Crippen molar-refractivity contribution in [1.29, 1.82) is 0 Å². The molecule has 0 aromatic heterocycles. The van der Waals surface area contributed by atoms with Gasteiger partial charge in [-0.3, -0.25) is 0 Å². The van der Waals surface area contributed by atoms with E-state index in [-0.39, 0.29) is 47.6 Å². The van der Waals surface area contributed by atoms with E-state index in [1.165, 1.54) is 0 Å². The number of anilines is 2. The summed E-state index contributed by atoms with van der Waals surface area (Å²) in [4.78, 5) is 0. The molecule has 17 heavy (non-hydrogen) atoms. The Morgan fingerprint density at radius 2 is 0.765 bits per heavy atom. The fraction of sp³-hybridized carbons (Fsp3) is 0. The molecule has 0 atom stereocenters. The van der Waals surface area contributed by atoms with Crippen LogP contribution < -0.4 is 11.5 Å². The molecule has 3 heteroatoms. The fourth-order valence-corrected chi connectivity index (χ4v) is 0.906. The molecule has 0 fully saturated rings. The summed E-state index contributed by atoms with van der Waals surface area (Å²) in [5.41, 5.74) is 12.4. The van der Waals surface area contributed by atoms with E-state index in [0.29, 0.717) is 0 Å². The molecule has 0 unspecified atom stereocenters. The maximum absolute atomic E-state index is 5.36. The van der Waals surface area contributed by atoms with Crippen LogP contribution in [-0.4, -0.2) is 0 Å². The number of para-hydroxylation sites is 2. The van der Waals surface area contributed by atoms with Crippen LogP contribution in [0.2, 0.25) is 0 Å². The molecule has 0 aliphatic carbocycles. The first kappa shape index (κ1) is 21.4. The molecule has 2 nitrogen and oxygen atoms in total. The topological polar surface area (TPSA) is 52.0 Å². The van der Waals surface area contributed by atoms with Gasteiger partial charge in [-0.2, -0.15) is 0 Å². The summed E-state index contributed by atoms with van der Waals surface area (Å²) < 4.78 is 0. The van der Waals surface area contributed by atoms with E-state index in [2.05, 4.69) is 0 Å². The Labute approximate surface area is 130 Å². The van der Waals surface area contributed by atoms with E-state index in [9.17, 15) is 0 Å². The summed E-state index contributed by atoms with van der Waals surface area (Å²) in [5.74, 6) is 0. The van der Waals surface area contributed by atoms with Gasteiger partial charge in [0.05, 0.1) is 0 Å². The molecule has 1 radical (unpaired) electrons. The van der Waals surface area contributed by atoms with Crippen molar-refractivity contribution in [2.75, 3.05) is 11.5 Å². The number of nitrogen functional groups attached to an aromatic ring is 2. The van der Waals surface area contributed by atoms with Crippen molar-refractivity contribution < 1.29 is 32.7 Å². The second-order valence-electron chi connectivity index (χ2n) is 2.82. The Morgan fingerprint density at radius 1 is 0.529 bits per heavy atom. The van der Waals surface area contributed by atoms with Gasteiger partial charge in [-0.15, -0.1) is 0 Å². The van der Waals surface area contributed by atoms with Gasteiger partial charge in [0, 0.05) is 44.1 Å². The van der Waals surface area contributed by atoms with Gasteiger partial charge < -0.3 is 26.3 Å². The Balaban J connectivity index is -0.000000196. The average molecular weight is 305 g/mol. The molecule has 0 aliphatic heterocycles. The number of benzene rings is 2. The van der Waals surface area contributed by atoms with Crippen molar-refractivity contribution in [2.45, 2.75) is 0 Å². The van der Waals surface area contributed by atoms with Gasteiger partial charge in [0.1, 0.15) is 0 Å². The maximum atomic E-state index is 5.36. The number of nitrogens with two attached hydrogens (primary N) is 2. The van der Waals surface area contributed by atoms with E-state index < -0.39 is 0 Å². The van der Waals surface area contributed by atoms with E-state index in [1.54, 1.807) is 0 Å². The quantitative estimate of drug-likeness (QED) is 0.579. The van der Waals surface area contributed by atoms with Crippen LogP contribution in [0.4, 0.5) is 11.4 Å². The van der Waals surface area contributed by atoms with Gasteiger partial charge >= 0.3 is 0 Å². The zero-order chi connectivity index (χ0) is 10.2. The Bertz CT molecular complexity index is 312. The first-order chi connectivity index (χ1) is 6.79. The summed E-state index contributed by atoms with van der Waals surface area (Å²) in [6, 6.07) is 19.0. The van der Waals surface area contributed by atoms with Gasteiger partial charge in [0.2, 0.25) is 0 Å². The van der Waals surface area contributed by atoms with Gasteiger partial charge in [-0.25, -0.2) is 0 Å². The summed E-state index contributed by atoms with van der Waals surface area (Å²) in [6.07, 6.45) is 0. The first-order valence-electron chi connectivity index (χ1n) is 4.40. The molecule has 0 aliphatic rings. The summed E-state index contributed by atoms with van der Waals surface area (Å²) in [6.45, 7) is 0. The molecule has 0 saturated heterocycles. The van der Waals surface area contributed by atoms with E-state index in [1.807, 2.05) is 60.7 Å². The fourth-order valence-electron chi connectivity index (χ4n) is 0.906. The van der Waals surface area contributed by atoms with Crippen LogP contribution in [0.1, 0.15) is 0 Å². The van der Waals surface area contributed by atoms with E-state index in [4.69, 9.17) is 11.5 Å². The molecule has 4 N–H and O–H groups in total. The Hall–Kier alpha value is -0.856. The van der Waals surface area contributed by atoms with Crippen LogP contribution in [0, 0.1) is 14.9 Å².